The Morgan fingerprint density at radius 1 is 0.950 bits per heavy atom. The molecule has 0 N–H and O–H groups in total. The number of fused-ring (bicyclic) bond motifs is 1. The van der Waals surface area contributed by atoms with E-state index in [-0.39, 0.29) is 17.8 Å². The molecule has 0 saturated carbocycles. The normalized spacial score (nSPS) is 11.2. The van der Waals surface area contributed by atoms with Gasteiger partial charge in [0.05, 0.1) is 55.4 Å². The van der Waals surface area contributed by atoms with Crippen LogP contribution in [0.5, 0.6) is 11.5 Å². The number of anilines is 2. The molecule has 0 aliphatic rings. The number of benzene rings is 2. The summed E-state index contributed by atoms with van der Waals surface area (Å²) in [5, 5.41) is 4.22. The summed E-state index contributed by atoms with van der Waals surface area (Å²) in [6, 6.07) is 14.0. The average molecular weight is 541 g/mol. The highest BCUT2D eigenvalue weighted by Gasteiger charge is 2.27. The fraction of sp³-hybridized carbons (Fsp3) is 0.200. The van der Waals surface area contributed by atoms with Gasteiger partial charge in [0, 0.05) is 61.5 Å². The van der Waals surface area contributed by atoms with E-state index in [0.717, 1.165) is 23.9 Å². The number of ether oxygens (including phenoxy) is 2. The first-order valence-electron chi connectivity index (χ1n) is 12.3. The summed E-state index contributed by atoms with van der Waals surface area (Å²) in [6.07, 6.45) is 6.76. The minimum absolute atomic E-state index is 0.0312. The zero-order valence-corrected chi connectivity index (χ0v) is 22.4. The lowest BCUT2D eigenvalue weighted by Gasteiger charge is -2.24. The lowest BCUT2D eigenvalue weighted by atomic mass is 10.1. The molecule has 5 aromatic rings. The molecule has 0 aliphatic carbocycles. The Hall–Kier alpha value is -5.04. The highest BCUT2D eigenvalue weighted by molar-refractivity contribution is 5.83. The first-order valence-corrected chi connectivity index (χ1v) is 12.3. The number of alkyl halides is 2. The van der Waals surface area contributed by atoms with E-state index in [9.17, 15) is 8.78 Å². The van der Waals surface area contributed by atoms with E-state index < -0.39 is 5.92 Å². The van der Waals surface area contributed by atoms with E-state index in [4.69, 9.17) is 14.5 Å². The van der Waals surface area contributed by atoms with Gasteiger partial charge in [-0.15, -0.1) is 0 Å². The van der Waals surface area contributed by atoms with E-state index in [1.54, 1.807) is 37.4 Å². The molecule has 0 atom stereocenters. The molecule has 0 unspecified atom stereocenters. The van der Waals surface area contributed by atoms with Crippen molar-refractivity contribution in [3.63, 3.8) is 0 Å². The molecule has 8 nitrogen and oxygen atoms in total. The molecule has 10 heteroatoms. The summed E-state index contributed by atoms with van der Waals surface area (Å²) in [5.41, 5.74) is 4.22. The number of pyridine rings is 1. The molecule has 2 aromatic carbocycles. The highest BCUT2D eigenvalue weighted by Crippen LogP contribution is 2.34. The fourth-order valence-electron chi connectivity index (χ4n) is 4.20. The molecule has 0 amide bonds. The predicted molar refractivity (Wildman–Crippen MR) is 149 cm³/mol. The topological polar surface area (TPSA) is 78.2 Å². The Morgan fingerprint density at radius 3 is 2.40 bits per heavy atom. The molecule has 202 valence electrons. The van der Waals surface area contributed by atoms with Crippen LogP contribution in [-0.4, -0.2) is 45.5 Å². The number of halogens is 2. The van der Waals surface area contributed by atoms with Crippen LogP contribution in [-0.2, 0) is 13.0 Å². The number of hydrogen-bond acceptors (Lipinski definition) is 7. The summed E-state index contributed by atoms with van der Waals surface area (Å²) in [5.74, 6) is 3.97. The molecule has 0 aliphatic heterocycles. The molecular weight excluding hydrogens is 514 g/mol. The van der Waals surface area contributed by atoms with Gasteiger partial charge in [-0.2, -0.15) is 5.10 Å². The van der Waals surface area contributed by atoms with Gasteiger partial charge in [0.2, 0.25) is 0 Å². The molecule has 0 saturated heterocycles. The van der Waals surface area contributed by atoms with Crippen LogP contribution < -0.4 is 14.4 Å². The Morgan fingerprint density at radius 2 is 1.73 bits per heavy atom. The van der Waals surface area contributed by atoms with Gasteiger partial charge in [-0.3, -0.25) is 9.67 Å². The fourth-order valence-corrected chi connectivity index (χ4v) is 4.20. The standard InChI is InChI=1S/C30H26F2N6O2/c1-30(31,32)25-7-5-11-33-26(25)8-6-12-38(22-13-23(39-3)16-24(14-22)40-4)21-9-10-27-28(15-21)36-29(18-34-27)20-17-35-37(2)19-20/h5,7,9-11,13-19H,12H2,1-4H3. The average Bonchev–Trinajstić information content (AvgIpc) is 3.40. The number of aromatic nitrogens is 5. The molecule has 3 heterocycles. The molecule has 3 aromatic heterocycles. The van der Waals surface area contributed by atoms with Crippen LogP contribution in [0, 0.1) is 11.8 Å². The van der Waals surface area contributed by atoms with E-state index in [1.165, 1.54) is 18.3 Å². The molecule has 0 spiro atoms. The Labute approximate surface area is 230 Å². The van der Waals surface area contributed by atoms with Crippen molar-refractivity contribution in [2.75, 3.05) is 25.7 Å². The van der Waals surface area contributed by atoms with E-state index in [2.05, 4.69) is 26.9 Å². The lowest BCUT2D eigenvalue weighted by molar-refractivity contribution is 0.0168. The third-order valence-corrected chi connectivity index (χ3v) is 6.21. The number of methoxy groups -OCH3 is 2. The summed E-state index contributed by atoms with van der Waals surface area (Å²) in [6.45, 7) is 0.989. The van der Waals surface area contributed by atoms with Crippen LogP contribution in [0.3, 0.4) is 0 Å². The van der Waals surface area contributed by atoms with Crippen LogP contribution in [0.4, 0.5) is 20.2 Å². The smallest absolute Gasteiger partial charge is 0.273 e. The van der Waals surface area contributed by atoms with Gasteiger partial charge in [0.25, 0.3) is 5.92 Å². The van der Waals surface area contributed by atoms with Crippen molar-refractivity contribution in [2.45, 2.75) is 12.8 Å². The van der Waals surface area contributed by atoms with Crippen molar-refractivity contribution in [1.82, 2.24) is 24.7 Å². The van der Waals surface area contributed by atoms with Crippen LogP contribution >= 0.6 is 0 Å². The molecular formula is C30H26F2N6O2. The third kappa shape index (κ3) is 5.68. The zero-order chi connectivity index (χ0) is 28.3. The van der Waals surface area contributed by atoms with Gasteiger partial charge >= 0.3 is 0 Å². The van der Waals surface area contributed by atoms with Crippen LogP contribution in [0.15, 0.2) is 73.3 Å². The summed E-state index contributed by atoms with van der Waals surface area (Å²) in [7, 11) is 4.98. The maximum Gasteiger partial charge on any atom is 0.273 e. The lowest BCUT2D eigenvalue weighted by Crippen LogP contribution is -2.18. The van der Waals surface area contributed by atoms with Gasteiger partial charge in [0.15, 0.2) is 0 Å². The van der Waals surface area contributed by atoms with Gasteiger partial charge in [0.1, 0.15) is 17.2 Å². The predicted octanol–water partition coefficient (Wildman–Crippen LogP) is 5.74. The highest BCUT2D eigenvalue weighted by atomic mass is 19.3. The molecule has 40 heavy (non-hydrogen) atoms. The van der Waals surface area contributed by atoms with E-state index >= 15 is 0 Å². The molecule has 5 rings (SSSR count). The minimum atomic E-state index is -3.07. The second kappa shape index (κ2) is 11.0. The van der Waals surface area contributed by atoms with E-state index in [1.807, 2.05) is 48.5 Å². The van der Waals surface area contributed by atoms with Crippen LogP contribution in [0.25, 0.3) is 22.3 Å². The van der Waals surface area contributed by atoms with Crippen molar-refractivity contribution in [3.8, 4) is 34.6 Å². The Balaban J connectivity index is 1.59. The third-order valence-electron chi connectivity index (χ3n) is 6.21. The van der Waals surface area contributed by atoms with Crippen molar-refractivity contribution >= 4 is 22.4 Å². The SMILES string of the molecule is COc1cc(OC)cc(N(CC#Cc2ncccc2C(C)(F)F)c2ccc3ncc(-c4cnn(C)c4)nc3c2)c1. The summed E-state index contributed by atoms with van der Waals surface area (Å²) < 4.78 is 40.9. The maximum absolute atomic E-state index is 14.1. The molecule has 0 bridgehead atoms. The number of aryl methyl sites for hydroxylation is 1. The number of hydrogen-bond donors (Lipinski definition) is 0. The largest absolute Gasteiger partial charge is 0.497 e. The molecule has 0 radical (unpaired) electrons. The van der Waals surface area contributed by atoms with Crippen molar-refractivity contribution in [1.29, 1.82) is 0 Å². The number of rotatable bonds is 7. The van der Waals surface area contributed by atoms with Crippen molar-refractivity contribution < 1.29 is 18.3 Å². The second-order valence-electron chi connectivity index (χ2n) is 9.08. The van der Waals surface area contributed by atoms with Crippen molar-refractivity contribution in [3.05, 3.63) is 84.6 Å². The monoisotopic (exact) mass is 540 g/mol. The van der Waals surface area contributed by atoms with Gasteiger partial charge in [-0.25, -0.2) is 18.7 Å². The second-order valence-corrected chi connectivity index (χ2v) is 9.08. The quantitative estimate of drug-likeness (QED) is 0.244. The van der Waals surface area contributed by atoms with Gasteiger partial charge < -0.3 is 14.4 Å². The minimum Gasteiger partial charge on any atom is -0.497 e. The first kappa shape index (κ1) is 26.6. The Kier molecular flexibility index (Phi) is 7.29. The first-order chi connectivity index (χ1) is 19.2. The van der Waals surface area contributed by atoms with Gasteiger partial charge in [-0.1, -0.05) is 5.92 Å². The number of nitrogens with zero attached hydrogens (tertiary/aromatic N) is 6. The van der Waals surface area contributed by atoms with E-state index in [0.29, 0.717) is 28.2 Å². The van der Waals surface area contributed by atoms with Crippen LogP contribution in [0.2, 0.25) is 0 Å². The Bertz CT molecular complexity index is 1710. The van der Waals surface area contributed by atoms with Gasteiger partial charge in [-0.05, 0) is 36.3 Å². The summed E-state index contributed by atoms with van der Waals surface area (Å²) in [4.78, 5) is 15.4. The van der Waals surface area contributed by atoms with Crippen LogP contribution in [0.1, 0.15) is 18.2 Å². The summed E-state index contributed by atoms with van der Waals surface area (Å²) >= 11 is 0. The van der Waals surface area contributed by atoms with Crippen molar-refractivity contribution in [2.24, 2.45) is 7.05 Å². The maximum atomic E-state index is 14.1. The zero-order valence-electron chi connectivity index (χ0n) is 22.4. The molecule has 0 fully saturated rings.